The maximum Gasteiger partial charge on any atom is 0.251 e. The number of carbonyl (C=O) groups is 1. The summed E-state index contributed by atoms with van der Waals surface area (Å²) in [6, 6.07) is 5.79. The maximum absolute atomic E-state index is 14.3. The number of aryl methyl sites for hydroxylation is 2. The van der Waals surface area contributed by atoms with Crippen molar-refractivity contribution < 1.29 is 14.3 Å². The summed E-state index contributed by atoms with van der Waals surface area (Å²) in [4.78, 5) is 12.0. The average molecular weight is 305 g/mol. The van der Waals surface area contributed by atoms with Crippen molar-refractivity contribution in [1.82, 2.24) is 15.1 Å². The zero-order chi connectivity index (χ0) is 16.3. The first-order valence-electron chi connectivity index (χ1n) is 7.21. The predicted octanol–water partition coefficient (Wildman–Crippen LogP) is 2.13. The molecule has 0 aliphatic carbocycles. The van der Waals surface area contributed by atoms with E-state index in [4.69, 9.17) is 5.11 Å². The number of hydrogen-bond acceptors (Lipinski definition) is 3. The Morgan fingerprint density at radius 2 is 2.14 bits per heavy atom. The van der Waals surface area contributed by atoms with Gasteiger partial charge < -0.3 is 10.4 Å². The lowest BCUT2D eigenvalue weighted by Gasteiger charge is -2.14. The summed E-state index contributed by atoms with van der Waals surface area (Å²) >= 11 is 0. The zero-order valence-corrected chi connectivity index (χ0v) is 12.9. The van der Waals surface area contributed by atoms with E-state index in [-0.39, 0.29) is 18.2 Å². The third-order valence-corrected chi connectivity index (χ3v) is 3.50. The highest BCUT2D eigenvalue weighted by Crippen LogP contribution is 2.17. The third-order valence-electron chi connectivity index (χ3n) is 3.50. The molecule has 2 N–H and O–H groups in total. The number of nitrogens with zero attached hydrogens (tertiary/aromatic N) is 2. The minimum absolute atomic E-state index is 0.144. The Balaban J connectivity index is 2.26. The first-order chi connectivity index (χ1) is 10.5. The third kappa shape index (κ3) is 3.33. The molecule has 1 aromatic heterocycles. The van der Waals surface area contributed by atoms with Gasteiger partial charge >= 0.3 is 0 Å². The number of aliphatic hydroxyl groups is 1. The molecule has 0 aliphatic rings. The van der Waals surface area contributed by atoms with Gasteiger partial charge in [-0.25, -0.2) is 9.07 Å². The van der Waals surface area contributed by atoms with Crippen molar-refractivity contribution in [3.05, 3.63) is 47.0 Å². The SMILES string of the molecule is CCC(CO)NC(=O)c1ccc(-n2nc(C)cc2C)c(F)c1. The molecule has 0 aliphatic heterocycles. The van der Waals surface area contributed by atoms with Crippen molar-refractivity contribution in [2.24, 2.45) is 0 Å². The molecular weight excluding hydrogens is 285 g/mol. The molecule has 1 unspecified atom stereocenters. The smallest absolute Gasteiger partial charge is 0.251 e. The molecule has 0 radical (unpaired) electrons. The van der Waals surface area contributed by atoms with E-state index in [2.05, 4.69) is 10.4 Å². The van der Waals surface area contributed by atoms with Crippen LogP contribution in [0.4, 0.5) is 4.39 Å². The summed E-state index contributed by atoms with van der Waals surface area (Å²) in [6.45, 7) is 5.39. The minimum Gasteiger partial charge on any atom is -0.394 e. The van der Waals surface area contributed by atoms with Crippen LogP contribution in [0.1, 0.15) is 35.1 Å². The highest BCUT2D eigenvalue weighted by Gasteiger charge is 2.15. The summed E-state index contributed by atoms with van der Waals surface area (Å²) in [6.07, 6.45) is 0.606. The molecule has 118 valence electrons. The van der Waals surface area contributed by atoms with E-state index in [0.29, 0.717) is 12.1 Å². The van der Waals surface area contributed by atoms with E-state index in [1.807, 2.05) is 26.8 Å². The van der Waals surface area contributed by atoms with Crippen molar-refractivity contribution in [3.63, 3.8) is 0 Å². The number of hydrogen-bond donors (Lipinski definition) is 2. The largest absolute Gasteiger partial charge is 0.394 e. The average Bonchev–Trinajstić information content (AvgIpc) is 2.82. The number of nitrogens with one attached hydrogen (secondary N) is 1. The Kier molecular flexibility index (Phi) is 4.92. The second-order valence-corrected chi connectivity index (χ2v) is 5.27. The summed E-state index contributed by atoms with van der Waals surface area (Å²) in [5, 5.41) is 16.0. The summed E-state index contributed by atoms with van der Waals surface area (Å²) < 4.78 is 15.8. The lowest BCUT2D eigenvalue weighted by molar-refractivity contribution is 0.0914. The minimum atomic E-state index is -0.518. The lowest BCUT2D eigenvalue weighted by atomic mass is 10.1. The van der Waals surface area contributed by atoms with Crippen LogP contribution < -0.4 is 5.32 Å². The van der Waals surface area contributed by atoms with Crippen LogP contribution in [-0.2, 0) is 0 Å². The summed E-state index contributed by atoms with van der Waals surface area (Å²) in [7, 11) is 0. The van der Waals surface area contributed by atoms with Crippen LogP contribution in [0.15, 0.2) is 24.3 Å². The van der Waals surface area contributed by atoms with Crippen LogP contribution in [0.5, 0.6) is 0 Å². The highest BCUT2D eigenvalue weighted by molar-refractivity contribution is 5.94. The number of rotatable bonds is 5. The van der Waals surface area contributed by atoms with E-state index in [1.165, 1.54) is 16.8 Å². The van der Waals surface area contributed by atoms with Gasteiger partial charge in [0.25, 0.3) is 5.91 Å². The van der Waals surface area contributed by atoms with Crippen molar-refractivity contribution in [2.45, 2.75) is 33.2 Å². The van der Waals surface area contributed by atoms with Gasteiger partial charge in [-0.05, 0) is 44.5 Å². The van der Waals surface area contributed by atoms with Gasteiger partial charge in [0.15, 0.2) is 0 Å². The van der Waals surface area contributed by atoms with Gasteiger partial charge in [0.2, 0.25) is 0 Å². The lowest BCUT2D eigenvalue weighted by Crippen LogP contribution is -2.36. The van der Waals surface area contributed by atoms with Crippen LogP contribution in [-0.4, -0.2) is 33.4 Å². The van der Waals surface area contributed by atoms with Gasteiger partial charge in [0.05, 0.1) is 18.3 Å². The van der Waals surface area contributed by atoms with Gasteiger partial charge in [-0.3, -0.25) is 4.79 Å². The highest BCUT2D eigenvalue weighted by atomic mass is 19.1. The van der Waals surface area contributed by atoms with Crippen molar-refractivity contribution in [3.8, 4) is 5.69 Å². The number of carbonyl (C=O) groups excluding carboxylic acids is 1. The van der Waals surface area contributed by atoms with Crippen LogP contribution in [0, 0.1) is 19.7 Å². The van der Waals surface area contributed by atoms with Gasteiger partial charge in [-0.15, -0.1) is 0 Å². The molecular formula is C16H20FN3O2. The molecule has 2 aromatic rings. The van der Waals surface area contributed by atoms with E-state index < -0.39 is 11.7 Å². The Morgan fingerprint density at radius 3 is 2.64 bits per heavy atom. The Labute approximate surface area is 128 Å². The second kappa shape index (κ2) is 6.70. The topological polar surface area (TPSA) is 67.2 Å². The number of aliphatic hydroxyl groups excluding tert-OH is 1. The molecule has 5 nitrogen and oxygen atoms in total. The van der Waals surface area contributed by atoms with Gasteiger partial charge in [0.1, 0.15) is 11.5 Å². The summed E-state index contributed by atoms with van der Waals surface area (Å²) in [5.41, 5.74) is 2.14. The number of benzene rings is 1. The summed E-state index contributed by atoms with van der Waals surface area (Å²) in [5.74, 6) is -0.921. The van der Waals surface area contributed by atoms with Crippen molar-refractivity contribution >= 4 is 5.91 Å². The Morgan fingerprint density at radius 1 is 1.41 bits per heavy atom. The molecule has 1 atom stereocenters. The van der Waals surface area contributed by atoms with Gasteiger partial charge in [-0.1, -0.05) is 6.92 Å². The predicted molar refractivity (Wildman–Crippen MR) is 81.6 cm³/mol. The van der Waals surface area contributed by atoms with Crippen LogP contribution in [0.3, 0.4) is 0 Å². The van der Waals surface area contributed by atoms with E-state index >= 15 is 0 Å². The number of halogens is 1. The number of amides is 1. The normalized spacial score (nSPS) is 12.2. The Bertz CT molecular complexity index is 678. The number of aromatic nitrogens is 2. The monoisotopic (exact) mass is 305 g/mol. The van der Waals surface area contributed by atoms with Gasteiger partial charge in [0, 0.05) is 11.3 Å². The van der Waals surface area contributed by atoms with Crippen molar-refractivity contribution in [2.75, 3.05) is 6.61 Å². The molecule has 1 amide bonds. The fourth-order valence-corrected chi connectivity index (χ4v) is 2.24. The molecule has 6 heteroatoms. The van der Waals surface area contributed by atoms with Gasteiger partial charge in [-0.2, -0.15) is 5.10 Å². The van der Waals surface area contributed by atoms with Crippen LogP contribution >= 0.6 is 0 Å². The molecule has 0 bridgehead atoms. The van der Waals surface area contributed by atoms with Crippen molar-refractivity contribution in [1.29, 1.82) is 0 Å². The fourth-order valence-electron chi connectivity index (χ4n) is 2.24. The van der Waals surface area contributed by atoms with Crippen LogP contribution in [0.25, 0.3) is 5.69 Å². The fraction of sp³-hybridized carbons (Fsp3) is 0.375. The van der Waals surface area contributed by atoms with E-state index in [1.54, 1.807) is 6.07 Å². The molecule has 2 rings (SSSR count). The zero-order valence-electron chi connectivity index (χ0n) is 12.9. The first kappa shape index (κ1) is 16.2. The maximum atomic E-state index is 14.3. The molecule has 0 spiro atoms. The first-order valence-corrected chi connectivity index (χ1v) is 7.21. The molecule has 1 heterocycles. The molecule has 0 fully saturated rings. The molecule has 22 heavy (non-hydrogen) atoms. The van der Waals surface area contributed by atoms with E-state index in [9.17, 15) is 9.18 Å². The Hall–Kier alpha value is -2.21. The quantitative estimate of drug-likeness (QED) is 0.889. The second-order valence-electron chi connectivity index (χ2n) is 5.27. The standard InChI is InChI=1S/C16H20FN3O2/c1-4-13(9-21)18-16(22)12-5-6-15(14(17)8-12)20-11(3)7-10(2)19-20/h5-8,13,21H,4,9H2,1-3H3,(H,18,22). The molecule has 0 saturated carbocycles. The van der Waals surface area contributed by atoms with E-state index in [0.717, 1.165) is 11.4 Å². The molecule has 1 aromatic carbocycles. The van der Waals surface area contributed by atoms with Crippen LogP contribution in [0.2, 0.25) is 0 Å². The molecule has 0 saturated heterocycles.